The topological polar surface area (TPSA) is 102 Å². The Morgan fingerprint density at radius 1 is 1.06 bits per heavy atom. The standard InChI is InChI=1S/C25H21N5O4S/c31-20(26-18-8-3-6-16-5-1-2-7-17(16)18)15-30-24(32)22-23(21(28-30)19-9-4-12-34-19)35-25(27-22)29-10-13-33-14-11-29/h1-9,12H,10-11,13-15H2,(H,26,31). The third-order valence-corrected chi connectivity index (χ3v) is 7.00. The average Bonchev–Trinajstić information content (AvgIpc) is 3.58. The second-order valence-electron chi connectivity index (χ2n) is 8.14. The van der Waals surface area contributed by atoms with Crippen molar-refractivity contribution in [2.24, 2.45) is 0 Å². The van der Waals surface area contributed by atoms with Crippen molar-refractivity contribution in [1.29, 1.82) is 0 Å². The zero-order chi connectivity index (χ0) is 23.8. The maximum atomic E-state index is 13.3. The van der Waals surface area contributed by atoms with Gasteiger partial charge in [0.25, 0.3) is 5.56 Å². The molecule has 3 aromatic heterocycles. The van der Waals surface area contributed by atoms with Crippen LogP contribution in [0.15, 0.2) is 70.1 Å². The minimum atomic E-state index is -0.417. The first kappa shape index (κ1) is 21.5. The number of thiazole rings is 1. The molecule has 0 atom stereocenters. The number of carbonyl (C=O) groups is 1. The quantitative estimate of drug-likeness (QED) is 0.403. The van der Waals surface area contributed by atoms with Gasteiger partial charge in [0.15, 0.2) is 16.4 Å². The highest BCUT2D eigenvalue weighted by atomic mass is 32.1. The number of nitrogens with zero attached hydrogens (tertiary/aromatic N) is 4. The van der Waals surface area contributed by atoms with Crippen molar-refractivity contribution in [1.82, 2.24) is 14.8 Å². The highest BCUT2D eigenvalue weighted by molar-refractivity contribution is 7.22. The molecule has 35 heavy (non-hydrogen) atoms. The molecule has 1 fully saturated rings. The summed E-state index contributed by atoms with van der Waals surface area (Å²) in [7, 11) is 0. The number of benzene rings is 2. The lowest BCUT2D eigenvalue weighted by atomic mass is 10.1. The van der Waals surface area contributed by atoms with E-state index in [0.29, 0.717) is 48.1 Å². The lowest BCUT2D eigenvalue weighted by Crippen LogP contribution is -2.36. The number of furan rings is 1. The molecule has 1 aliphatic rings. The highest BCUT2D eigenvalue weighted by Gasteiger charge is 2.23. The van der Waals surface area contributed by atoms with Crippen LogP contribution in [-0.2, 0) is 16.1 Å². The molecule has 0 radical (unpaired) electrons. The van der Waals surface area contributed by atoms with Crippen LogP contribution in [0.1, 0.15) is 0 Å². The van der Waals surface area contributed by atoms with Crippen LogP contribution in [0, 0.1) is 0 Å². The minimum absolute atomic E-state index is 0.254. The molecule has 2 aromatic carbocycles. The molecule has 0 aliphatic carbocycles. The predicted molar refractivity (Wildman–Crippen MR) is 135 cm³/mol. The van der Waals surface area contributed by atoms with Crippen LogP contribution in [-0.4, -0.2) is 47.0 Å². The van der Waals surface area contributed by atoms with Crippen LogP contribution in [0.2, 0.25) is 0 Å². The Morgan fingerprint density at radius 3 is 2.71 bits per heavy atom. The van der Waals surface area contributed by atoms with E-state index in [-0.39, 0.29) is 18.0 Å². The zero-order valence-corrected chi connectivity index (χ0v) is 19.5. The predicted octanol–water partition coefficient (Wildman–Crippen LogP) is 3.74. The molecule has 1 aliphatic heterocycles. The number of rotatable bonds is 5. The molecule has 9 nitrogen and oxygen atoms in total. The first-order chi connectivity index (χ1) is 17.2. The van der Waals surface area contributed by atoms with Gasteiger partial charge in [-0.3, -0.25) is 9.59 Å². The third kappa shape index (κ3) is 4.07. The summed E-state index contributed by atoms with van der Waals surface area (Å²) in [5, 5.41) is 10.1. The Kier molecular flexibility index (Phi) is 5.51. The number of fused-ring (bicyclic) bond motifs is 2. The molecule has 6 rings (SSSR count). The molecule has 176 valence electrons. The van der Waals surface area contributed by atoms with Crippen molar-refractivity contribution in [3.63, 3.8) is 0 Å². The summed E-state index contributed by atoms with van der Waals surface area (Å²) in [5.41, 5.74) is 1.02. The summed E-state index contributed by atoms with van der Waals surface area (Å²) in [6, 6.07) is 17.0. The number of aromatic nitrogens is 3. The van der Waals surface area contributed by atoms with Crippen LogP contribution in [0.4, 0.5) is 10.8 Å². The summed E-state index contributed by atoms with van der Waals surface area (Å²) in [6.07, 6.45) is 1.55. The Labute approximate surface area is 203 Å². The summed E-state index contributed by atoms with van der Waals surface area (Å²) >= 11 is 1.40. The monoisotopic (exact) mass is 487 g/mol. The molecule has 4 heterocycles. The number of hydrogen-bond acceptors (Lipinski definition) is 8. The van der Waals surface area contributed by atoms with E-state index in [1.807, 2.05) is 42.5 Å². The number of nitrogens with one attached hydrogen (secondary N) is 1. The lowest BCUT2D eigenvalue weighted by molar-refractivity contribution is -0.117. The van der Waals surface area contributed by atoms with Crippen molar-refractivity contribution in [2.75, 3.05) is 36.5 Å². The first-order valence-electron chi connectivity index (χ1n) is 11.2. The molecule has 1 saturated heterocycles. The Hall–Kier alpha value is -4.02. The smallest absolute Gasteiger partial charge is 0.294 e. The van der Waals surface area contributed by atoms with Gasteiger partial charge in [-0.25, -0.2) is 9.67 Å². The fourth-order valence-corrected chi connectivity index (χ4v) is 5.28. The second kappa shape index (κ2) is 8.97. The van der Waals surface area contributed by atoms with E-state index in [1.54, 1.807) is 18.4 Å². The van der Waals surface area contributed by atoms with Crippen LogP contribution in [0.3, 0.4) is 0 Å². The van der Waals surface area contributed by atoms with Gasteiger partial charge >= 0.3 is 0 Å². The molecule has 1 N–H and O–H groups in total. The number of ether oxygens (including phenoxy) is 1. The van der Waals surface area contributed by atoms with Gasteiger partial charge in [0, 0.05) is 24.2 Å². The summed E-state index contributed by atoms with van der Waals surface area (Å²) in [5.74, 6) is 0.153. The SMILES string of the molecule is O=C(Cn1nc(-c2ccco2)c2sc(N3CCOCC3)nc2c1=O)Nc1cccc2ccccc12. The Morgan fingerprint density at radius 2 is 1.89 bits per heavy atom. The van der Waals surface area contributed by atoms with Gasteiger partial charge in [0.1, 0.15) is 12.2 Å². The van der Waals surface area contributed by atoms with E-state index < -0.39 is 5.56 Å². The number of carbonyl (C=O) groups excluding carboxylic acids is 1. The van der Waals surface area contributed by atoms with Crippen LogP contribution >= 0.6 is 11.3 Å². The number of hydrogen-bond donors (Lipinski definition) is 1. The van der Waals surface area contributed by atoms with Gasteiger partial charge in [0.05, 0.1) is 24.2 Å². The van der Waals surface area contributed by atoms with Gasteiger partial charge in [-0.05, 0) is 23.6 Å². The number of amides is 1. The Balaban J connectivity index is 1.37. The molecule has 0 saturated carbocycles. The van der Waals surface area contributed by atoms with Gasteiger partial charge in [-0.2, -0.15) is 5.10 Å². The Bertz CT molecular complexity index is 1580. The molecule has 5 aromatic rings. The van der Waals surface area contributed by atoms with Gasteiger partial charge in [-0.15, -0.1) is 0 Å². The van der Waals surface area contributed by atoms with Crippen LogP contribution in [0.5, 0.6) is 0 Å². The lowest BCUT2D eigenvalue weighted by Gasteiger charge is -2.25. The fraction of sp³-hybridized carbons (Fsp3) is 0.200. The maximum absolute atomic E-state index is 13.3. The first-order valence-corrected chi connectivity index (χ1v) is 12.0. The van der Waals surface area contributed by atoms with Crippen LogP contribution in [0.25, 0.3) is 32.4 Å². The molecule has 0 spiro atoms. The van der Waals surface area contributed by atoms with Gasteiger partial charge < -0.3 is 19.4 Å². The largest absolute Gasteiger partial charge is 0.463 e. The molecular weight excluding hydrogens is 466 g/mol. The maximum Gasteiger partial charge on any atom is 0.294 e. The van der Waals surface area contributed by atoms with E-state index in [1.165, 1.54) is 11.3 Å². The third-order valence-electron chi connectivity index (χ3n) is 5.88. The molecule has 1 amide bonds. The molecule has 0 unspecified atom stereocenters. The molecule has 0 bridgehead atoms. The minimum Gasteiger partial charge on any atom is -0.463 e. The van der Waals surface area contributed by atoms with E-state index in [4.69, 9.17) is 9.15 Å². The van der Waals surface area contributed by atoms with Crippen LogP contribution < -0.4 is 15.8 Å². The van der Waals surface area contributed by atoms with Crippen molar-refractivity contribution in [3.05, 3.63) is 71.2 Å². The highest BCUT2D eigenvalue weighted by Crippen LogP contribution is 2.34. The molecular formula is C25H21N5O4S. The van der Waals surface area contributed by atoms with Gasteiger partial charge in [0.2, 0.25) is 5.91 Å². The average molecular weight is 488 g/mol. The van der Waals surface area contributed by atoms with E-state index >= 15 is 0 Å². The number of morpholine rings is 1. The van der Waals surface area contributed by atoms with Crippen molar-refractivity contribution >= 4 is 49.1 Å². The van der Waals surface area contributed by atoms with Gasteiger partial charge in [-0.1, -0.05) is 47.7 Å². The normalized spacial score (nSPS) is 14.0. The second-order valence-corrected chi connectivity index (χ2v) is 9.11. The van der Waals surface area contributed by atoms with E-state index in [2.05, 4.69) is 20.3 Å². The van der Waals surface area contributed by atoms with E-state index in [0.717, 1.165) is 20.6 Å². The van der Waals surface area contributed by atoms with Crippen molar-refractivity contribution < 1.29 is 13.9 Å². The van der Waals surface area contributed by atoms with Crippen molar-refractivity contribution in [3.8, 4) is 11.5 Å². The molecule has 10 heteroatoms. The fourth-order valence-electron chi connectivity index (χ4n) is 4.18. The summed E-state index contributed by atoms with van der Waals surface area (Å²) in [4.78, 5) is 33.1. The summed E-state index contributed by atoms with van der Waals surface area (Å²) < 4.78 is 12.8. The number of anilines is 2. The van der Waals surface area contributed by atoms with E-state index in [9.17, 15) is 9.59 Å². The van der Waals surface area contributed by atoms with Crippen molar-refractivity contribution in [2.45, 2.75) is 6.54 Å². The summed E-state index contributed by atoms with van der Waals surface area (Å²) in [6.45, 7) is 2.36. The zero-order valence-electron chi connectivity index (χ0n) is 18.6.